The van der Waals surface area contributed by atoms with Gasteiger partial charge in [0.1, 0.15) is 5.75 Å². The molecule has 0 spiro atoms. The molecule has 1 aromatic carbocycles. The fraction of sp³-hybridized carbons (Fsp3) is 0.111. The second-order valence-corrected chi connectivity index (χ2v) is 2.64. The molecule has 1 N–H and O–H groups in total. The summed E-state index contributed by atoms with van der Waals surface area (Å²) >= 11 is 0. The van der Waals surface area contributed by atoms with Gasteiger partial charge in [0, 0.05) is 11.6 Å². The molecule has 0 amide bonds. The Bertz CT molecular complexity index is 490. The molecule has 0 saturated carbocycles. The molecule has 0 atom stereocenters. The van der Waals surface area contributed by atoms with E-state index in [0.717, 1.165) is 16.7 Å². The number of hydrogen-bond acceptors (Lipinski definition) is 3. The SMILES string of the molecule is COc1ccc2[nH]c(=O)ncc2c1. The summed E-state index contributed by atoms with van der Waals surface area (Å²) in [6, 6.07) is 5.40. The lowest BCUT2D eigenvalue weighted by atomic mass is 10.2. The van der Waals surface area contributed by atoms with Gasteiger partial charge in [0.05, 0.1) is 12.6 Å². The summed E-state index contributed by atoms with van der Waals surface area (Å²) in [6.45, 7) is 0. The summed E-state index contributed by atoms with van der Waals surface area (Å²) in [7, 11) is 1.60. The first-order valence-electron chi connectivity index (χ1n) is 3.83. The highest BCUT2D eigenvalue weighted by atomic mass is 16.5. The fourth-order valence-electron chi connectivity index (χ4n) is 1.16. The highest BCUT2D eigenvalue weighted by molar-refractivity contribution is 5.78. The van der Waals surface area contributed by atoms with Crippen molar-refractivity contribution in [2.75, 3.05) is 7.11 Å². The van der Waals surface area contributed by atoms with Crippen molar-refractivity contribution in [3.05, 3.63) is 34.9 Å². The van der Waals surface area contributed by atoms with E-state index < -0.39 is 0 Å². The van der Waals surface area contributed by atoms with E-state index in [0.29, 0.717) is 0 Å². The Morgan fingerprint density at radius 1 is 1.46 bits per heavy atom. The maximum atomic E-state index is 10.8. The number of ether oxygens (including phenoxy) is 1. The lowest BCUT2D eigenvalue weighted by molar-refractivity contribution is 0.415. The van der Waals surface area contributed by atoms with Crippen LogP contribution >= 0.6 is 0 Å². The van der Waals surface area contributed by atoms with Gasteiger partial charge in [-0.25, -0.2) is 9.78 Å². The van der Waals surface area contributed by atoms with Crippen molar-refractivity contribution in [3.63, 3.8) is 0 Å². The third-order valence-electron chi connectivity index (χ3n) is 1.82. The number of nitrogens with zero attached hydrogens (tertiary/aromatic N) is 1. The van der Waals surface area contributed by atoms with Crippen molar-refractivity contribution in [2.24, 2.45) is 0 Å². The predicted molar refractivity (Wildman–Crippen MR) is 48.9 cm³/mol. The second-order valence-electron chi connectivity index (χ2n) is 2.64. The molecule has 0 bridgehead atoms. The van der Waals surface area contributed by atoms with Gasteiger partial charge in [-0.1, -0.05) is 0 Å². The first-order valence-corrected chi connectivity index (χ1v) is 3.83. The highest BCUT2D eigenvalue weighted by Gasteiger charge is 1.96. The van der Waals surface area contributed by atoms with Crippen LogP contribution in [0.4, 0.5) is 0 Å². The number of nitrogens with one attached hydrogen (secondary N) is 1. The number of rotatable bonds is 1. The van der Waals surface area contributed by atoms with Crippen LogP contribution in [0.2, 0.25) is 0 Å². The van der Waals surface area contributed by atoms with E-state index in [1.165, 1.54) is 6.20 Å². The Hall–Kier alpha value is -1.84. The van der Waals surface area contributed by atoms with Gasteiger partial charge in [-0.05, 0) is 18.2 Å². The van der Waals surface area contributed by atoms with Crippen molar-refractivity contribution in [3.8, 4) is 5.75 Å². The fourth-order valence-corrected chi connectivity index (χ4v) is 1.16. The van der Waals surface area contributed by atoms with Gasteiger partial charge < -0.3 is 9.72 Å². The Labute approximate surface area is 74.2 Å². The smallest absolute Gasteiger partial charge is 0.345 e. The molecule has 13 heavy (non-hydrogen) atoms. The molecule has 0 saturated heterocycles. The minimum atomic E-state index is -0.335. The topological polar surface area (TPSA) is 55.0 Å². The second kappa shape index (κ2) is 2.90. The van der Waals surface area contributed by atoms with Gasteiger partial charge in [-0.2, -0.15) is 0 Å². The molecule has 2 rings (SSSR count). The van der Waals surface area contributed by atoms with Crippen LogP contribution in [0.3, 0.4) is 0 Å². The van der Waals surface area contributed by atoms with Gasteiger partial charge in [0.15, 0.2) is 0 Å². The van der Waals surface area contributed by atoms with E-state index in [-0.39, 0.29) is 5.69 Å². The first kappa shape index (κ1) is 7.79. The van der Waals surface area contributed by atoms with Crippen LogP contribution in [0, 0.1) is 0 Å². The Morgan fingerprint density at radius 2 is 2.31 bits per heavy atom. The quantitative estimate of drug-likeness (QED) is 0.703. The summed E-state index contributed by atoms with van der Waals surface area (Å²) in [5.41, 5.74) is 0.429. The molecule has 0 aliphatic heterocycles. The van der Waals surface area contributed by atoms with Gasteiger partial charge in [-0.3, -0.25) is 0 Å². The molecule has 2 aromatic rings. The Kier molecular flexibility index (Phi) is 1.73. The summed E-state index contributed by atoms with van der Waals surface area (Å²) in [5.74, 6) is 0.751. The molecule has 0 aliphatic rings. The van der Waals surface area contributed by atoms with Crippen molar-refractivity contribution < 1.29 is 4.74 Å². The summed E-state index contributed by atoms with van der Waals surface area (Å²) in [4.78, 5) is 17.1. The Morgan fingerprint density at radius 3 is 3.08 bits per heavy atom. The third kappa shape index (κ3) is 1.38. The normalized spacial score (nSPS) is 10.2. The zero-order valence-electron chi connectivity index (χ0n) is 7.07. The van der Waals surface area contributed by atoms with E-state index in [1.54, 1.807) is 19.2 Å². The van der Waals surface area contributed by atoms with Crippen LogP contribution in [0.5, 0.6) is 5.75 Å². The zero-order chi connectivity index (χ0) is 9.26. The minimum absolute atomic E-state index is 0.335. The van der Waals surface area contributed by atoms with Crippen LogP contribution in [0.15, 0.2) is 29.2 Å². The standard InChI is InChI=1S/C9H8N2O2/c1-13-7-2-3-8-6(4-7)5-10-9(12)11-8/h2-5H,1H3,(H,10,11,12). The number of hydrogen-bond donors (Lipinski definition) is 1. The molecule has 4 nitrogen and oxygen atoms in total. The average molecular weight is 176 g/mol. The molecular formula is C9H8N2O2. The summed E-state index contributed by atoms with van der Waals surface area (Å²) in [6.07, 6.45) is 1.52. The van der Waals surface area contributed by atoms with Gasteiger partial charge in [-0.15, -0.1) is 0 Å². The molecule has 66 valence electrons. The van der Waals surface area contributed by atoms with Crippen LogP contribution in [0.25, 0.3) is 10.9 Å². The van der Waals surface area contributed by atoms with E-state index in [2.05, 4.69) is 9.97 Å². The number of methoxy groups -OCH3 is 1. The number of aromatic nitrogens is 2. The van der Waals surface area contributed by atoms with E-state index in [9.17, 15) is 4.79 Å². The number of aromatic amines is 1. The Balaban J connectivity index is 2.73. The molecule has 0 aliphatic carbocycles. The lowest BCUT2D eigenvalue weighted by Crippen LogP contribution is -2.08. The van der Waals surface area contributed by atoms with Crippen LogP contribution < -0.4 is 10.4 Å². The molecule has 1 aromatic heterocycles. The molecule has 0 fully saturated rings. The van der Waals surface area contributed by atoms with E-state index in [1.807, 2.05) is 6.07 Å². The van der Waals surface area contributed by atoms with E-state index in [4.69, 9.17) is 4.74 Å². The van der Waals surface area contributed by atoms with Gasteiger partial charge >= 0.3 is 5.69 Å². The molecular weight excluding hydrogens is 168 g/mol. The van der Waals surface area contributed by atoms with Crippen LogP contribution in [0.1, 0.15) is 0 Å². The van der Waals surface area contributed by atoms with Crippen molar-refractivity contribution in [1.29, 1.82) is 0 Å². The van der Waals surface area contributed by atoms with Crippen molar-refractivity contribution >= 4 is 10.9 Å². The summed E-state index contributed by atoms with van der Waals surface area (Å²) in [5, 5.41) is 0.860. The molecule has 0 unspecified atom stereocenters. The predicted octanol–water partition coefficient (Wildman–Crippen LogP) is 0.932. The largest absolute Gasteiger partial charge is 0.497 e. The first-order chi connectivity index (χ1) is 6.29. The third-order valence-corrected chi connectivity index (χ3v) is 1.82. The number of fused-ring (bicyclic) bond motifs is 1. The molecule has 1 heterocycles. The van der Waals surface area contributed by atoms with Gasteiger partial charge in [0.2, 0.25) is 0 Å². The molecule has 4 heteroatoms. The monoisotopic (exact) mass is 176 g/mol. The van der Waals surface area contributed by atoms with Gasteiger partial charge in [0.25, 0.3) is 0 Å². The maximum Gasteiger partial charge on any atom is 0.345 e. The average Bonchev–Trinajstić information content (AvgIpc) is 2.17. The number of benzene rings is 1. The van der Waals surface area contributed by atoms with Crippen LogP contribution in [-0.4, -0.2) is 17.1 Å². The van der Waals surface area contributed by atoms with Crippen molar-refractivity contribution in [2.45, 2.75) is 0 Å². The lowest BCUT2D eigenvalue weighted by Gasteiger charge is -2.00. The number of H-pyrrole nitrogens is 1. The minimum Gasteiger partial charge on any atom is -0.497 e. The highest BCUT2D eigenvalue weighted by Crippen LogP contribution is 2.16. The molecule has 0 radical (unpaired) electrons. The van der Waals surface area contributed by atoms with Crippen LogP contribution in [-0.2, 0) is 0 Å². The summed E-state index contributed by atoms with van der Waals surface area (Å²) < 4.78 is 5.03. The van der Waals surface area contributed by atoms with E-state index >= 15 is 0 Å². The van der Waals surface area contributed by atoms with Crippen molar-refractivity contribution in [1.82, 2.24) is 9.97 Å². The maximum absolute atomic E-state index is 10.8. The zero-order valence-corrected chi connectivity index (χ0v) is 7.07.